The number of nitrogens with zero attached hydrogens (tertiary/aromatic N) is 1. The van der Waals surface area contributed by atoms with E-state index in [9.17, 15) is 9.59 Å². The Balaban J connectivity index is 2.28. The van der Waals surface area contributed by atoms with E-state index in [0.717, 1.165) is 12.0 Å². The van der Waals surface area contributed by atoms with Gasteiger partial charge in [0.15, 0.2) is 0 Å². The minimum Gasteiger partial charge on any atom is -0.355 e. The third-order valence-electron chi connectivity index (χ3n) is 2.78. The van der Waals surface area contributed by atoms with Crippen LogP contribution >= 0.6 is 11.6 Å². The topological polar surface area (TPSA) is 61.4 Å². The zero-order chi connectivity index (χ0) is 15.7. The SMILES string of the molecule is CCCNC(=O)CN(C)CC(=O)NCc1cccc(Cl)c1. The van der Waals surface area contributed by atoms with Gasteiger partial charge in [0.25, 0.3) is 0 Å². The highest BCUT2D eigenvalue weighted by Gasteiger charge is 2.10. The van der Waals surface area contributed by atoms with E-state index >= 15 is 0 Å². The number of likely N-dealkylation sites (N-methyl/N-ethyl adjacent to an activating group) is 1. The van der Waals surface area contributed by atoms with Crippen LogP contribution in [0.1, 0.15) is 18.9 Å². The van der Waals surface area contributed by atoms with Crippen LogP contribution in [0.4, 0.5) is 0 Å². The first-order chi connectivity index (χ1) is 10.0. The quantitative estimate of drug-likeness (QED) is 0.763. The molecule has 0 saturated carbocycles. The predicted molar refractivity (Wildman–Crippen MR) is 84.1 cm³/mol. The highest BCUT2D eigenvalue weighted by atomic mass is 35.5. The largest absolute Gasteiger partial charge is 0.355 e. The zero-order valence-electron chi connectivity index (χ0n) is 12.5. The van der Waals surface area contributed by atoms with Crippen LogP contribution in [0, 0.1) is 0 Å². The molecule has 1 rings (SSSR count). The average Bonchev–Trinajstić information content (AvgIpc) is 2.43. The van der Waals surface area contributed by atoms with Crippen LogP contribution in [0.15, 0.2) is 24.3 Å². The molecule has 116 valence electrons. The Morgan fingerprint density at radius 3 is 2.48 bits per heavy atom. The Hall–Kier alpha value is -1.59. The molecule has 0 unspecified atom stereocenters. The molecule has 0 heterocycles. The summed E-state index contributed by atoms with van der Waals surface area (Å²) in [6, 6.07) is 7.33. The molecule has 0 aromatic heterocycles. The molecular formula is C15H22ClN3O2. The van der Waals surface area contributed by atoms with Gasteiger partial charge in [-0.05, 0) is 31.2 Å². The molecule has 0 saturated heterocycles. The van der Waals surface area contributed by atoms with Gasteiger partial charge in [-0.1, -0.05) is 30.7 Å². The summed E-state index contributed by atoms with van der Waals surface area (Å²) in [7, 11) is 1.74. The highest BCUT2D eigenvalue weighted by molar-refractivity contribution is 6.30. The molecule has 6 heteroatoms. The van der Waals surface area contributed by atoms with Gasteiger partial charge in [0, 0.05) is 18.1 Å². The molecule has 0 radical (unpaired) electrons. The molecule has 0 atom stereocenters. The maximum atomic E-state index is 11.8. The van der Waals surface area contributed by atoms with Crippen molar-refractivity contribution in [3.8, 4) is 0 Å². The average molecular weight is 312 g/mol. The van der Waals surface area contributed by atoms with Crippen molar-refractivity contribution in [2.24, 2.45) is 0 Å². The summed E-state index contributed by atoms with van der Waals surface area (Å²) < 4.78 is 0. The summed E-state index contributed by atoms with van der Waals surface area (Å²) in [5.41, 5.74) is 0.944. The Morgan fingerprint density at radius 1 is 1.19 bits per heavy atom. The molecule has 0 aliphatic heterocycles. The van der Waals surface area contributed by atoms with Crippen molar-refractivity contribution in [3.05, 3.63) is 34.9 Å². The fourth-order valence-corrected chi connectivity index (χ4v) is 1.98. The minimum atomic E-state index is -0.124. The lowest BCUT2D eigenvalue weighted by Crippen LogP contribution is -2.40. The number of amides is 2. The van der Waals surface area contributed by atoms with Gasteiger partial charge in [-0.3, -0.25) is 14.5 Å². The standard InChI is InChI=1S/C15H22ClN3O2/c1-3-7-17-14(20)10-19(2)11-15(21)18-9-12-5-4-6-13(16)8-12/h4-6,8H,3,7,9-11H2,1-2H3,(H,17,20)(H,18,21). The minimum absolute atomic E-state index is 0.0676. The number of halogens is 1. The zero-order valence-corrected chi connectivity index (χ0v) is 13.2. The number of benzene rings is 1. The molecule has 0 aliphatic carbocycles. The molecule has 21 heavy (non-hydrogen) atoms. The van der Waals surface area contributed by atoms with Crippen LogP contribution in [0.25, 0.3) is 0 Å². The third kappa shape index (κ3) is 7.68. The van der Waals surface area contributed by atoms with Crippen LogP contribution in [-0.2, 0) is 16.1 Å². The van der Waals surface area contributed by atoms with E-state index in [1.165, 1.54) is 0 Å². The molecule has 1 aromatic rings. The van der Waals surface area contributed by atoms with Crippen molar-refractivity contribution in [3.63, 3.8) is 0 Å². The lowest BCUT2D eigenvalue weighted by Gasteiger charge is -2.16. The first-order valence-corrected chi connectivity index (χ1v) is 7.35. The molecule has 5 nitrogen and oxygen atoms in total. The van der Waals surface area contributed by atoms with Gasteiger partial charge in [0.1, 0.15) is 0 Å². The van der Waals surface area contributed by atoms with E-state index in [2.05, 4.69) is 10.6 Å². The van der Waals surface area contributed by atoms with Crippen molar-refractivity contribution >= 4 is 23.4 Å². The summed E-state index contributed by atoms with van der Waals surface area (Å²) in [6.45, 7) is 3.47. The molecule has 0 aliphatic rings. The van der Waals surface area contributed by atoms with E-state index in [-0.39, 0.29) is 24.9 Å². The fraction of sp³-hybridized carbons (Fsp3) is 0.467. The van der Waals surface area contributed by atoms with E-state index in [4.69, 9.17) is 11.6 Å². The highest BCUT2D eigenvalue weighted by Crippen LogP contribution is 2.10. The number of carbonyl (C=O) groups is 2. The number of nitrogens with one attached hydrogen (secondary N) is 2. The Labute approximate surface area is 130 Å². The number of carbonyl (C=O) groups excluding carboxylic acids is 2. The second kappa shape index (κ2) is 9.37. The van der Waals surface area contributed by atoms with E-state index in [1.54, 1.807) is 18.0 Å². The van der Waals surface area contributed by atoms with Crippen LogP contribution in [0.5, 0.6) is 0 Å². The van der Waals surface area contributed by atoms with Gasteiger partial charge >= 0.3 is 0 Å². The van der Waals surface area contributed by atoms with Crippen molar-refractivity contribution in [1.29, 1.82) is 0 Å². The molecule has 0 spiro atoms. The first kappa shape index (κ1) is 17.5. The third-order valence-corrected chi connectivity index (χ3v) is 3.01. The van der Waals surface area contributed by atoms with Crippen molar-refractivity contribution in [2.45, 2.75) is 19.9 Å². The fourth-order valence-electron chi connectivity index (χ4n) is 1.77. The summed E-state index contributed by atoms with van der Waals surface area (Å²) in [4.78, 5) is 25.0. The summed E-state index contributed by atoms with van der Waals surface area (Å²) in [5, 5.41) is 6.22. The lowest BCUT2D eigenvalue weighted by molar-refractivity contribution is -0.124. The van der Waals surface area contributed by atoms with Crippen LogP contribution < -0.4 is 10.6 Å². The van der Waals surface area contributed by atoms with Gasteiger partial charge in [-0.2, -0.15) is 0 Å². The van der Waals surface area contributed by atoms with Gasteiger partial charge in [-0.25, -0.2) is 0 Å². The molecule has 0 fully saturated rings. The van der Waals surface area contributed by atoms with E-state index in [1.807, 2.05) is 25.1 Å². The second-order valence-corrected chi connectivity index (χ2v) is 5.37. The normalized spacial score (nSPS) is 10.5. The summed E-state index contributed by atoms with van der Waals surface area (Å²) >= 11 is 5.88. The van der Waals surface area contributed by atoms with Crippen molar-refractivity contribution < 1.29 is 9.59 Å². The smallest absolute Gasteiger partial charge is 0.234 e. The lowest BCUT2D eigenvalue weighted by atomic mass is 10.2. The van der Waals surface area contributed by atoms with Gasteiger partial charge < -0.3 is 10.6 Å². The van der Waals surface area contributed by atoms with Crippen LogP contribution in [0.2, 0.25) is 5.02 Å². The van der Waals surface area contributed by atoms with Crippen LogP contribution in [0.3, 0.4) is 0 Å². The second-order valence-electron chi connectivity index (χ2n) is 4.93. The van der Waals surface area contributed by atoms with Gasteiger partial charge in [0.2, 0.25) is 11.8 Å². The molecule has 2 amide bonds. The predicted octanol–water partition coefficient (Wildman–Crippen LogP) is 1.41. The molecular weight excluding hydrogens is 290 g/mol. The summed E-state index contributed by atoms with van der Waals surface area (Å²) in [5.74, 6) is -0.192. The maximum Gasteiger partial charge on any atom is 0.234 e. The van der Waals surface area contributed by atoms with Gasteiger partial charge in [0.05, 0.1) is 13.1 Å². The molecule has 2 N–H and O–H groups in total. The van der Waals surface area contributed by atoms with Crippen molar-refractivity contribution in [1.82, 2.24) is 15.5 Å². The Bertz CT molecular complexity index is 480. The number of rotatable bonds is 8. The van der Waals surface area contributed by atoms with Crippen LogP contribution in [-0.4, -0.2) is 43.4 Å². The summed E-state index contributed by atoms with van der Waals surface area (Å²) in [6.07, 6.45) is 0.898. The monoisotopic (exact) mass is 311 g/mol. The van der Waals surface area contributed by atoms with E-state index in [0.29, 0.717) is 18.1 Å². The number of hydrogen-bond acceptors (Lipinski definition) is 3. The molecule has 0 bridgehead atoms. The number of hydrogen-bond donors (Lipinski definition) is 2. The van der Waals surface area contributed by atoms with E-state index < -0.39 is 0 Å². The molecule has 1 aromatic carbocycles. The Morgan fingerprint density at radius 2 is 1.86 bits per heavy atom. The maximum absolute atomic E-state index is 11.8. The Kier molecular flexibility index (Phi) is 7.79. The van der Waals surface area contributed by atoms with Crippen molar-refractivity contribution in [2.75, 3.05) is 26.7 Å². The van der Waals surface area contributed by atoms with Gasteiger partial charge in [-0.15, -0.1) is 0 Å². The first-order valence-electron chi connectivity index (χ1n) is 6.97.